The van der Waals surface area contributed by atoms with Gasteiger partial charge >= 0.3 is 0 Å². The number of benzene rings is 1. The molecule has 1 aromatic heterocycles. The number of fused-ring (bicyclic) bond motifs is 1. The van der Waals surface area contributed by atoms with Crippen molar-refractivity contribution in [1.29, 1.82) is 5.26 Å². The van der Waals surface area contributed by atoms with Crippen molar-refractivity contribution in [3.63, 3.8) is 0 Å². The second-order valence-electron chi connectivity index (χ2n) is 5.07. The number of thioether (sulfide) groups is 1. The van der Waals surface area contributed by atoms with Gasteiger partial charge in [-0.15, -0.1) is 5.10 Å². The van der Waals surface area contributed by atoms with E-state index in [0.717, 1.165) is 0 Å². The van der Waals surface area contributed by atoms with Crippen LogP contribution >= 0.6 is 11.8 Å². The van der Waals surface area contributed by atoms with Gasteiger partial charge in [-0.1, -0.05) is 11.8 Å². The molecule has 0 atom stereocenters. The van der Waals surface area contributed by atoms with Crippen molar-refractivity contribution in [1.82, 2.24) is 15.2 Å². The Kier molecular flexibility index (Phi) is 5.25. The molecule has 0 spiro atoms. The van der Waals surface area contributed by atoms with Gasteiger partial charge in [-0.25, -0.2) is 5.10 Å². The molecular weight excluding hydrogens is 344 g/mol. The molecule has 0 fully saturated rings. The van der Waals surface area contributed by atoms with Crippen LogP contribution in [0.5, 0.6) is 11.5 Å². The summed E-state index contributed by atoms with van der Waals surface area (Å²) in [6.45, 7) is 1.25. The number of H-pyrrole nitrogens is 1. The van der Waals surface area contributed by atoms with Gasteiger partial charge in [0.15, 0.2) is 11.5 Å². The van der Waals surface area contributed by atoms with Crippen molar-refractivity contribution in [2.75, 3.05) is 36.1 Å². The van der Waals surface area contributed by atoms with Crippen LogP contribution in [-0.2, 0) is 4.79 Å². The summed E-state index contributed by atoms with van der Waals surface area (Å²) < 4.78 is 11.1. The lowest BCUT2D eigenvalue weighted by molar-refractivity contribution is -0.116. The number of anilines is 2. The molecular formula is C15H16N6O3S. The van der Waals surface area contributed by atoms with E-state index in [2.05, 4.69) is 21.3 Å². The molecule has 2 aromatic rings. The number of aromatic nitrogens is 3. The Bertz CT molecular complexity index is 803. The Morgan fingerprint density at radius 1 is 1.40 bits per heavy atom. The highest BCUT2D eigenvalue weighted by atomic mass is 32.2. The van der Waals surface area contributed by atoms with E-state index in [1.165, 1.54) is 11.8 Å². The molecule has 1 aromatic carbocycles. The van der Waals surface area contributed by atoms with Crippen molar-refractivity contribution in [2.24, 2.45) is 0 Å². The van der Waals surface area contributed by atoms with Crippen molar-refractivity contribution >= 4 is 29.3 Å². The average molecular weight is 360 g/mol. The lowest BCUT2D eigenvalue weighted by Gasteiger charge is -2.24. The summed E-state index contributed by atoms with van der Waals surface area (Å²) in [6.07, 6.45) is 0.221. The average Bonchev–Trinajstić information content (AvgIpc) is 3.05. The number of nitrogens with zero attached hydrogens (tertiary/aromatic N) is 4. The van der Waals surface area contributed by atoms with E-state index < -0.39 is 0 Å². The minimum absolute atomic E-state index is 0.122. The summed E-state index contributed by atoms with van der Waals surface area (Å²) in [4.78, 5) is 18.1. The standard InChI is InChI=1S/C15H16N6O3S/c16-4-1-5-21(13(22)9-25-15-18-14(17)19-20-15)10-2-3-11-12(8-10)24-7-6-23-11/h2-3,8H,1,5-7,9H2,(H3,17,18,19,20). The summed E-state index contributed by atoms with van der Waals surface area (Å²) in [5, 5.41) is 15.7. The van der Waals surface area contributed by atoms with Gasteiger partial charge in [-0.2, -0.15) is 10.2 Å². The van der Waals surface area contributed by atoms with Crippen molar-refractivity contribution in [3.05, 3.63) is 18.2 Å². The zero-order valence-corrected chi connectivity index (χ0v) is 14.1. The van der Waals surface area contributed by atoms with E-state index in [-0.39, 0.29) is 30.6 Å². The fourth-order valence-electron chi connectivity index (χ4n) is 2.29. The SMILES string of the molecule is N#CCCN(C(=O)CSc1n[nH]c(N)n1)c1ccc2c(c1)OCCO2. The van der Waals surface area contributed by atoms with Crippen molar-refractivity contribution in [2.45, 2.75) is 11.6 Å². The van der Waals surface area contributed by atoms with E-state index >= 15 is 0 Å². The minimum atomic E-state index is -0.166. The van der Waals surface area contributed by atoms with Gasteiger partial charge < -0.3 is 20.1 Å². The molecule has 10 heteroatoms. The first-order chi connectivity index (χ1) is 12.2. The summed E-state index contributed by atoms with van der Waals surface area (Å²) in [5.41, 5.74) is 6.12. The molecule has 0 bridgehead atoms. The molecule has 9 nitrogen and oxygen atoms in total. The normalized spacial score (nSPS) is 12.4. The lowest BCUT2D eigenvalue weighted by Crippen LogP contribution is -2.33. The quantitative estimate of drug-likeness (QED) is 0.735. The number of nitriles is 1. The molecule has 0 saturated carbocycles. The number of hydrogen-bond acceptors (Lipinski definition) is 8. The van der Waals surface area contributed by atoms with Gasteiger partial charge in [0.1, 0.15) is 13.2 Å². The summed E-state index contributed by atoms with van der Waals surface area (Å²) in [5.74, 6) is 1.39. The van der Waals surface area contributed by atoms with Crippen LogP contribution in [0.1, 0.15) is 6.42 Å². The van der Waals surface area contributed by atoms with Crippen LogP contribution in [0.25, 0.3) is 0 Å². The Labute approximate surface area is 148 Å². The van der Waals surface area contributed by atoms with E-state index in [4.69, 9.17) is 20.5 Å². The van der Waals surface area contributed by atoms with Crippen molar-refractivity contribution in [3.8, 4) is 17.6 Å². The molecule has 25 heavy (non-hydrogen) atoms. The van der Waals surface area contributed by atoms with Crippen LogP contribution in [-0.4, -0.2) is 46.6 Å². The predicted molar refractivity (Wildman–Crippen MR) is 91.5 cm³/mol. The van der Waals surface area contributed by atoms with Crippen LogP contribution in [0.15, 0.2) is 23.4 Å². The Morgan fingerprint density at radius 3 is 2.92 bits per heavy atom. The topological polar surface area (TPSA) is 130 Å². The summed E-state index contributed by atoms with van der Waals surface area (Å²) in [6, 6.07) is 7.35. The number of carbonyl (C=O) groups is 1. The fourth-order valence-corrected chi connectivity index (χ4v) is 2.97. The fraction of sp³-hybridized carbons (Fsp3) is 0.333. The number of aromatic amines is 1. The third-order valence-corrected chi connectivity index (χ3v) is 4.22. The van der Waals surface area contributed by atoms with E-state index in [1.54, 1.807) is 23.1 Å². The smallest absolute Gasteiger partial charge is 0.237 e. The Hall–Kier alpha value is -2.93. The maximum absolute atomic E-state index is 12.6. The number of amides is 1. The Balaban J connectivity index is 1.74. The third-order valence-electron chi connectivity index (χ3n) is 3.39. The highest BCUT2D eigenvalue weighted by Crippen LogP contribution is 2.34. The molecule has 0 radical (unpaired) electrons. The maximum atomic E-state index is 12.6. The molecule has 3 N–H and O–H groups in total. The second kappa shape index (κ2) is 7.76. The number of nitrogen functional groups attached to an aromatic ring is 1. The number of carbonyl (C=O) groups excluding carboxylic acids is 1. The van der Waals surface area contributed by atoms with Crippen LogP contribution in [0.4, 0.5) is 11.6 Å². The number of nitrogens with one attached hydrogen (secondary N) is 1. The molecule has 1 aliphatic heterocycles. The summed E-state index contributed by atoms with van der Waals surface area (Å²) >= 11 is 1.17. The van der Waals surface area contributed by atoms with Gasteiger partial charge in [0.2, 0.25) is 17.0 Å². The zero-order valence-electron chi connectivity index (χ0n) is 13.3. The second-order valence-corrected chi connectivity index (χ2v) is 6.02. The molecule has 3 rings (SSSR count). The molecule has 2 heterocycles. The van der Waals surface area contributed by atoms with Crippen LogP contribution in [0, 0.1) is 11.3 Å². The van der Waals surface area contributed by atoms with Crippen LogP contribution < -0.4 is 20.1 Å². The lowest BCUT2D eigenvalue weighted by atomic mass is 10.2. The third kappa shape index (κ3) is 4.13. The first kappa shape index (κ1) is 16.9. The van der Waals surface area contributed by atoms with E-state index in [9.17, 15) is 4.79 Å². The molecule has 1 amide bonds. The predicted octanol–water partition coefficient (Wildman–Crippen LogP) is 1.20. The number of nitrogens with two attached hydrogens (primary N) is 1. The maximum Gasteiger partial charge on any atom is 0.237 e. The first-order valence-corrected chi connectivity index (χ1v) is 8.53. The number of hydrogen-bond donors (Lipinski definition) is 2. The van der Waals surface area contributed by atoms with Crippen LogP contribution in [0.3, 0.4) is 0 Å². The van der Waals surface area contributed by atoms with E-state index in [0.29, 0.717) is 35.6 Å². The Morgan fingerprint density at radius 2 is 2.20 bits per heavy atom. The molecule has 0 aliphatic carbocycles. The van der Waals surface area contributed by atoms with Crippen molar-refractivity contribution < 1.29 is 14.3 Å². The molecule has 1 aliphatic rings. The zero-order chi connectivity index (χ0) is 17.6. The van der Waals surface area contributed by atoms with Crippen LogP contribution in [0.2, 0.25) is 0 Å². The van der Waals surface area contributed by atoms with Gasteiger partial charge in [-0.05, 0) is 12.1 Å². The molecule has 130 valence electrons. The largest absolute Gasteiger partial charge is 0.486 e. The number of rotatable bonds is 6. The number of ether oxygens (including phenoxy) is 2. The van der Waals surface area contributed by atoms with E-state index in [1.807, 2.05) is 0 Å². The van der Waals surface area contributed by atoms with Gasteiger partial charge in [0.25, 0.3) is 0 Å². The monoisotopic (exact) mass is 360 g/mol. The summed E-state index contributed by atoms with van der Waals surface area (Å²) in [7, 11) is 0. The van der Waals surface area contributed by atoms with Gasteiger partial charge in [0, 0.05) is 18.3 Å². The highest BCUT2D eigenvalue weighted by Gasteiger charge is 2.20. The first-order valence-electron chi connectivity index (χ1n) is 7.55. The minimum Gasteiger partial charge on any atom is -0.486 e. The molecule has 0 unspecified atom stereocenters. The molecule has 0 saturated heterocycles. The highest BCUT2D eigenvalue weighted by molar-refractivity contribution is 7.99. The van der Waals surface area contributed by atoms with Gasteiger partial charge in [-0.3, -0.25) is 4.79 Å². The van der Waals surface area contributed by atoms with Gasteiger partial charge in [0.05, 0.1) is 18.2 Å².